The van der Waals surface area contributed by atoms with Crippen molar-refractivity contribution in [1.29, 1.82) is 0 Å². The molecule has 6 nitrogen and oxygen atoms in total. The van der Waals surface area contributed by atoms with E-state index in [4.69, 9.17) is 15.2 Å². The number of nitrogens with one attached hydrogen (secondary N) is 1. The molecule has 3 rings (SSSR count). The van der Waals surface area contributed by atoms with Crippen LogP contribution in [-0.2, 0) is 0 Å². The number of carbonyl (C=O) groups excluding carboxylic acids is 1. The Kier molecular flexibility index (Phi) is 3.50. The smallest absolute Gasteiger partial charge is 0.255 e. The lowest BCUT2D eigenvalue weighted by atomic mass is 10.2. The molecule has 1 aliphatic rings. The van der Waals surface area contributed by atoms with Gasteiger partial charge in [-0.05, 0) is 40.8 Å². The summed E-state index contributed by atoms with van der Waals surface area (Å²) in [5.41, 5.74) is 7.02. The van der Waals surface area contributed by atoms with Crippen LogP contribution in [0, 0.1) is 3.57 Å². The highest BCUT2D eigenvalue weighted by atomic mass is 127. The van der Waals surface area contributed by atoms with E-state index in [2.05, 4.69) is 5.32 Å². The van der Waals surface area contributed by atoms with Crippen molar-refractivity contribution in [3.05, 3.63) is 39.5 Å². The number of carbonyl (C=O) groups is 1. The molecule has 1 aliphatic heterocycles. The summed E-state index contributed by atoms with van der Waals surface area (Å²) in [6.07, 6.45) is 0. The molecule has 1 heterocycles. The Morgan fingerprint density at radius 3 is 2.67 bits per heavy atom. The first-order chi connectivity index (χ1) is 10.0. The third kappa shape index (κ3) is 2.68. The van der Waals surface area contributed by atoms with E-state index in [9.17, 15) is 9.90 Å². The van der Waals surface area contributed by atoms with Crippen LogP contribution >= 0.6 is 22.6 Å². The van der Waals surface area contributed by atoms with Crippen molar-refractivity contribution >= 4 is 39.9 Å². The largest absolute Gasteiger partial charge is 0.507 e. The van der Waals surface area contributed by atoms with Crippen molar-refractivity contribution in [2.75, 3.05) is 17.8 Å². The van der Waals surface area contributed by atoms with E-state index >= 15 is 0 Å². The zero-order chi connectivity index (χ0) is 15.0. The van der Waals surface area contributed by atoms with Crippen LogP contribution in [0.15, 0.2) is 30.3 Å². The molecule has 21 heavy (non-hydrogen) atoms. The van der Waals surface area contributed by atoms with E-state index in [1.807, 2.05) is 22.6 Å². The lowest BCUT2D eigenvalue weighted by molar-refractivity contribution is 0.102. The van der Waals surface area contributed by atoms with Crippen LogP contribution in [-0.4, -0.2) is 17.8 Å². The Labute approximate surface area is 134 Å². The average Bonchev–Trinajstić information content (AvgIpc) is 2.89. The molecule has 0 atom stereocenters. The molecule has 0 spiro atoms. The second kappa shape index (κ2) is 5.32. The highest BCUT2D eigenvalue weighted by Crippen LogP contribution is 2.38. The Balaban J connectivity index is 1.86. The lowest BCUT2D eigenvalue weighted by Crippen LogP contribution is -2.13. The van der Waals surface area contributed by atoms with E-state index in [0.717, 1.165) is 0 Å². The number of fused-ring (bicyclic) bond motifs is 1. The van der Waals surface area contributed by atoms with Crippen LogP contribution in [0.4, 0.5) is 11.4 Å². The van der Waals surface area contributed by atoms with Crippen molar-refractivity contribution in [3.63, 3.8) is 0 Å². The lowest BCUT2D eigenvalue weighted by Gasteiger charge is -2.10. The number of rotatable bonds is 2. The normalized spacial score (nSPS) is 12.2. The van der Waals surface area contributed by atoms with Gasteiger partial charge in [-0.1, -0.05) is 0 Å². The molecule has 0 bridgehead atoms. The maximum atomic E-state index is 12.2. The molecule has 0 fully saturated rings. The minimum Gasteiger partial charge on any atom is -0.507 e. The number of nitrogens with two attached hydrogens (primary N) is 1. The monoisotopic (exact) mass is 398 g/mol. The predicted octanol–water partition coefficient (Wildman–Crippen LogP) is 2.56. The molecule has 2 aromatic carbocycles. The van der Waals surface area contributed by atoms with Gasteiger partial charge in [0.15, 0.2) is 11.5 Å². The first-order valence-corrected chi connectivity index (χ1v) is 7.11. The van der Waals surface area contributed by atoms with Crippen LogP contribution in [0.3, 0.4) is 0 Å². The minimum absolute atomic E-state index is 0.0573. The second-order valence-electron chi connectivity index (χ2n) is 4.41. The van der Waals surface area contributed by atoms with Crippen molar-refractivity contribution < 1.29 is 19.4 Å². The number of aromatic hydroxyl groups is 1. The average molecular weight is 398 g/mol. The van der Waals surface area contributed by atoms with Crippen LogP contribution in [0.2, 0.25) is 0 Å². The maximum Gasteiger partial charge on any atom is 0.255 e. The molecule has 0 saturated heterocycles. The Hall–Kier alpha value is -2.16. The van der Waals surface area contributed by atoms with Crippen molar-refractivity contribution in [3.8, 4) is 17.2 Å². The molecule has 4 N–H and O–H groups in total. The van der Waals surface area contributed by atoms with Crippen LogP contribution in [0.25, 0.3) is 0 Å². The standard InChI is InChI=1S/C14H11IN2O4/c15-8-2-1-7(3-11(8)18)14(19)17-10-5-13-12(4-9(10)16)20-6-21-13/h1-5,18H,6,16H2,(H,17,19). The number of amides is 1. The van der Waals surface area contributed by atoms with Gasteiger partial charge in [-0.3, -0.25) is 4.79 Å². The number of phenolic OH excluding ortho intramolecular Hbond substituents is 1. The number of hydrogen-bond acceptors (Lipinski definition) is 5. The summed E-state index contributed by atoms with van der Waals surface area (Å²) in [6.45, 7) is 0.136. The summed E-state index contributed by atoms with van der Waals surface area (Å²) in [5.74, 6) is 0.775. The first kappa shape index (κ1) is 13.8. The van der Waals surface area contributed by atoms with Gasteiger partial charge < -0.3 is 25.6 Å². The van der Waals surface area contributed by atoms with E-state index in [1.54, 1.807) is 24.3 Å². The third-order valence-corrected chi connectivity index (χ3v) is 3.91. The number of ether oxygens (including phenoxy) is 2. The van der Waals surface area contributed by atoms with Gasteiger partial charge in [0.2, 0.25) is 6.79 Å². The fraction of sp³-hybridized carbons (Fsp3) is 0.0714. The van der Waals surface area contributed by atoms with Gasteiger partial charge in [-0.2, -0.15) is 0 Å². The summed E-state index contributed by atoms with van der Waals surface area (Å²) in [5, 5.41) is 12.3. The summed E-state index contributed by atoms with van der Waals surface area (Å²) in [7, 11) is 0. The molecular weight excluding hydrogens is 387 g/mol. The van der Waals surface area contributed by atoms with Crippen LogP contribution in [0.5, 0.6) is 17.2 Å². The van der Waals surface area contributed by atoms with Gasteiger partial charge in [0.1, 0.15) is 5.75 Å². The zero-order valence-corrected chi connectivity index (χ0v) is 12.9. The predicted molar refractivity (Wildman–Crippen MR) is 85.8 cm³/mol. The minimum atomic E-state index is -0.368. The fourth-order valence-electron chi connectivity index (χ4n) is 1.91. The molecule has 7 heteroatoms. The Morgan fingerprint density at radius 1 is 1.24 bits per heavy atom. The second-order valence-corrected chi connectivity index (χ2v) is 5.58. The number of phenols is 1. The summed E-state index contributed by atoms with van der Waals surface area (Å²) < 4.78 is 11.1. The maximum absolute atomic E-state index is 12.2. The molecule has 0 saturated carbocycles. The Bertz CT molecular complexity index is 733. The molecule has 0 aliphatic carbocycles. The van der Waals surface area contributed by atoms with Crippen molar-refractivity contribution in [1.82, 2.24) is 0 Å². The number of hydrogen-bond donors (Lipinski definition) is 3. The van der Waals surface area contributed by atoms with Crippen LogP contribution in [0.1, 0.15) is 10.4 Å². The number of halogens is 1. The molecule has 0 unspecified atom stereocenters. The number of anilines is 2. The topological polar surface area (TPSA) is 93.8 Å². The molecule has 0 radical (unpaired) electrons. The summed E-state index contributed by atoms with van der Waals surface area (Å²) in [6, 6.07) is 7.90. The number of benzene rings is 2. The van der Waals surface area contributed by atoms with Crippen LogP contribution < -0.4 is 20.5 Å². The van der Waals surface area contributed by atoms with E-state index < -0.39 is 0 Å². The van der Waals surface area contributed by atoms with E-state index in [1.165, 1.54) is 6.07 Å². The van der Waals surface area contributed by atoms with Crippen molar-refractivity contribution in [2.45, 2.75) is 0 Å². The molecular formula is C14H11IN2O4. The summed E-state index contributed by atoms with van der Waals surface area (Å²) >= 11 is 1.98. The van der Waals surface area contributed by atoms with Gasteiger partial charge in [0.05, 0.1) is 14.9 Å². The first-order valence-electron chi connectivity index (χ1n) is 6.03. The SMILES string of the molecule is Nc1cc2c(cc1NC(=O)c1ccc(I)c(O)c1)OCO2. The van der Waals surface area contributed by atoms with E-state index in [0.29, 0.717) is 32.0 Å². The number of nitrogen functional groups attached to an aromatic ring is 1. The fourth-order valence-corrected chi connectivity index (χ4v) is 2.25. The third-order valence-electron chi connectivity index (χ3n) is 3.00. The van der Waals surface area contributed by atoms with Gasteiger partial charge in [-0.25, -0.2) is 0 Å². The van der Waals surface area contributed by atoms with Gasteiger partial charge in [-0.15, -0.1) is 0 Å². The van der Waals surface area contributed by atoms with Gasteiger partial charge in [0.25, 0.3) is 5.91 Å². The highest BCUT2D eigenvalue weighted by molar-refractivity contribution is 14.1. The zero-order valence-electron chi connectivity index (χ0n) is 10.7. The molecule has 1 amide bonds. The van der Waals surface area contributed by atoms with E-state index in [-0.39, 0.29) is 18.4 Å². The molecule has 2 aromatic rings. The molecule has 0 aromatic heterocycles. The quantitative estimate of drug-likeness (QED) is 0.534. The Morgan fingerprint density at radius 2 is 1.95 bits per heavy atom. The highest BCUT2D eigenvalue weighted by Gasteiger charge is 2.18. The molecule has 108 valence electrons. The van der Waals surface area contributed by atoms with Gasteiger partial charge in [0, 0.05) is 17.7 Å². The van der Waals surface area contributed by atoms with Gasteiger partial charge >= 0.3 is 0 Å². The summed E-state index contributed by atoms with van der Waals surface area (Å²) in [4.78, 5) is 12.2. The van der Waals surface area contributed by atoms with Crippen molar-refractivity contribution in [2.24, 2.45) is 0 Å².